The summed E-state index contributed by atoms with van der Waals surface area (Å²) in [5.41, 5.74) is -0.441. The Hall–Kier alpha value is -5.72. The van der Waals surface area contributed by atoms with E-state index in [0.717, 1.165) is 5.56 Å². The molecule has 69 heavy (non-hydrogen) atoms. The minimum atomic E-state index is -4.56. The van der Waals surface area contributed by atoms with Gasteiger partial charge >= 0.3 is 10.1 Å². The quantitative estimate of drug-likeness (QED) is 0.0532. The molecule has 0 fully saturated rings. The van der Waals surface area contributed by atoms with Crippen molar-refractivity contribution in [3.8, 4) is 28.7 Å². The van der Waals surface area contributed by atoms with Gasteiger partial charge in [0.1, 0.15) is 28.2 Å². The van der Waals surface area contributed by atoms with Crippen molar-refractivity contribution in [2.45, 2.75) is 138 Å². The topological polar surface area (TPSA) is 98.8 Å². The Kier molecular flexibility index (Phi) is 14.8. The predicted octanol–water partition coefficient (Wildman–Crippen LogP) is 15.2. The lowest BCUT2D eigenvalue weighted by Crippen LogP contribution is -2.27. The van der Waals surface area contributed by atoms with E-state index in [9.17, 15) is 0 Å². The third kappa shape index (κ3) is 12.7. The van der Waals surface area contributed by atoms with Crippen LogP contribution in [0.25, 0.3) is 21.5 Å². The Labute approximate surface area is 411 Å². The smallest absolute Gasteiger partial charge is 0.307 e. The van der Waals surface area contributed by atoms with Crippen molar-refractivity contribution in [1.29, 1.82) is 0 Å². The molecule has 0 heterocycles. The van der Waals surface area contributed by atoms with Gasteiger partial charge in [-0.25, -0.2) is 3.63 Å². The van der Waals surface area contributed by atoms with Gasteiger partial charge in [0.25, 0.3) is 0 Å². The van der Waals surface area contributed by atoms with Crippen LogP contribution in [0, 0.1) is 6.92 Å². The Morgan fingerprint density at radius 3 is 1.46 bits per heavy atom. The fourth-order valence-electron chi connectivity index (χ4n) is 7.86. The van der Waals surface area contributed by atoms with E-state index in [4.69, 9.17) is 32.1 Å². The summed E-state index contributed by atoms with van der Waals surface area (Å²) in [5, 5.41) is 4.74. The fraction of sp³-hybridized carbons (Fsp3) is 0.345. The van der Waals surface area contributed by atoms with Gasteiger partial charge in [-0.3, -0.25) is 0 Å². The molecule has 0 spiro atoms. The molecule has 0 atom stereocenters. The lowest BCUT2D eigenvalue weighted by atomic mass is 9.96. The molecule has 366 valence electrons. The van der Waals surface area contributed by atoms with Crippen LogP contribution in [-0.2, 0) is 24.9 Å². The maximum Gasteiger partial charge on any atom is 0.307 e. The summed E-state index contributed by atoms with van der Waals surface area (Å²) in [5.74, 6) is 2.15. The first-order valence-electron chi connectivity index (χ1n) is 23.4. The van der Waals surface area contributed by atoms with Crippen LogP contribution in [0.3, 0.4) is 0 Å². The van der Waals surface area contributed by atoms with Gasteiger partial charge in [0.15, 0.2) is 29.8 Å². The molecule has 0 bridgehead atoms. The highest BCUT2D eigenvalue weighted by Gasteiger charge is 2.42. The van der Waals surface area contributed by atoms with Crippen molar-refractivity contribution in [2.24, 2.45) is 0 Å². The lowest BCUT2D eigenvalue weighted by Gasteiger charge is -2.41. The average Bonchev–Trinajstić information content (AvgIpc) is 3.25. The number of benzene rings is 7. The highest BCUT2D eigenvalue weighted by molar-refractivity contribution is 8.33. The van der Waals surface area contributed by atoms with E-state index in [1.165, 1.54) is 27.1 Å². The van der Waals surface area contributed by atoms with Gasteiger partial charge in [-0.15, -0.1) is 0 Å². The number of rotatable bonds is 16. The number of aryl methyl sites for hydroxylation is 1. The second-order valence-corrected chi connectivity index (χ2v) is 25.6. The molecule has 0 aliphatic carbocycles. The molecule has 0 N–H and O–H groups in total. The van der Waals surface area contributed by atoms with Crippen LogP contribution in [0.2, 0.25) is 0 Å². The summed E-state index contributed by atoms with van der Waals surface area (Å²) in [6.07, 6.45) is 0.641. The van der Waals surface area contributed by atoms with Gasteiger partial charge in [-0.05, 0) is 195 Å². The molecule has 7 aromatic rings. The van der Waals surface area contributed by atoms with E-state index in [1.54, 1.807) is 24.3 Å². The minimum Gasteiger partial charge on any atom is -0.484 e. The summed E-state index contributed by atoms with van der Waals surface area (Å²) < 4.78 is 76.6. The number of hydrogen-bond acceptors (Lipinski definition) is 9. The van der Waals surface area contributed by atoms with Crippen LogP contribution < -0.4 is 23.7 Å². The maximum absolute atomic E-state index is 15.2. The molecular weight excluding hydrogens is 905 g/mol. The lowest BCUT2D eigenvalue weighted by molar-refractivity contribution is 0.0153. The van der Waals surface area contributed by atoms with Gasteiger partial charge in [0, 0.05) is 9.79 Å². The Morgan fingerprint density at radius 2 is 0.913 bits per heavy atom. The molecule has 0 aliphatic heterocycles. The zero-order chi connectivity index (χ0) is 50.0. The van der Waals surface area contributed by atoms with Crippen LogP contribution in [0.5, 0.6) is 28.7 Å². The monoisotopic (exact) mass is 972 g/mol. The highest BCUT2D eigenvalue weighted by atomic mass is 32.3. The first kappa shape index (κ1) is 51.1. The van der Waals surface area contributed by atoms with Crippen LogP contribution >= 0.6 is 10.3 Å². The van der Waals surface area contributed by atoms with Crippen LogP contribution in [0.1, 0.15) is 94.2 Å². The molecule has 0 aromatic heterocycles. The van der Waals surface area contributed by atoms with Crippen molar-refractivity contribution in [2.75, 3.05) is 13.4 Å². The SMILES string of the molecule is Cc1ccc(S(=O)(=O)OS(c2ccc(OC(C)(C)C)c(OC(C)(C)C)c2)(c2ccc(OC(C)(C)C)c(OC(C)(C)C)c2)c2ccccc2OCOCCc2cc3ccccc3c3ccccc23)cc1. The molecule has 0 amide bonds. The van der Waals surface area contributed by atoms with E-state index >= 15 is 8.42 Å². The van der Waals surface area contributed by atoms with Gasteiger partial charge in [0.2, 0.25) is 0 Å². The predicted molar refractivity (Wildman–Crippen MR) is 279 cm³/mol. The Balaban J connectivity index is 1.41. The van der Waals surface area contributed by atoms with Crippen molar-refractivity contribution in [1.82, 2.24) is 0 Å². The summed E-state index contributed by atoms with van der Waals surface area (Å²) in [6.45, 7) is 25.6. The first-order valence-corrected chi connectivity index (χ1v) is 26.4. The van der Waals surface area contributed by atoms with Crippen LogP contribution in [0.4, 0.5) is 0 Å². The highest BCUT2D eigenvalue weighted by Crippen LogP contribution is 2.73. The molecule has 0 aliphatic rings. The van der Waals surface area contributed by atoms with Crippen LogP contribution in [-0.4, -0.2) is 44.2 Å². The fourth-order valence-corrected chi connectivity index (χ4v) is 13.2. The number of para-hydroxylation sites is 1. The molecule has 0 radical (unpaired) electrons. The standard InChI is InChI=1S/C58H68O9S2/c1-40-26-28-43(29-27-40)69(59,60)67-68(44-30-32-49(63-55(2,3)4)52(37-44)65-57(8,9)10,45-31-33-50(64-56(5,6)7)53(38-45)66-58(11,12)13)54-25-19-18-24-51(54)62-39-61-35-34-42-36-41-20-14-15-21-46(41)48-23-17-16-22-47(42)48/h14-33,36-38H,34-35,39H2,1-13H3. The third-order valence-electron chi connectivity index (χ3n) is 10.5. The first-order chi connectivity index (χ1) is 32.3. The molecule has 0 saturated heterocycles. The molecule has 7 rings (SSSR count). The molecule has 11 heteroatoms. The van der Waals surface area contributed by atoms with E-state index < -0.39 is 42.8 Å². The van der Waals surface area contributed by atoms with E-state index in [2.05, 4.69) is 54.6 Å². The van der Waals surface area contributed by atoms with Crippen molar-refractivity contribution in [3.05, 3.63) is 151 Å². The van der Waals surface area contributed by atoms with Gasteiger partial charge in [-0.1, -0.05) is 84.4 Å². The average molecular weight is 973 g/mol. The molecule has 0 unspecified atom stereocenters. The molecule has 7 aromatic carbocycles. The summed E-state index contributed by atoms with van der Waals surface area (Å²) in [4.78, 5) is 1.43. The normalized spacial score (nSPS) is 13.1. The molecular formula is C58H68O9S2. The van der Waals surface area contributed by atoms with E-state index in [-0.39, 0.29) is 11.7 Å². The van der Waals surface area contributed by atoms with E-state index in [0.29, 0.717) is 56.5 Å². The van der Waals surface area contributed by atoms with Crippen molar-refractivity contribution < 1.29 is 40.5 Å². The third-order valence-corrected chi connectivity index (χ3v) is 15.7. The summed E-state index contributed by atoms with van der Waals surface area (Å²) >= 11 is 0. The van der Waals surface area contributed by atoms with Crippen molar-refractivity contribution >= 4 is 42.0 Å². The largest absolute Gasteiger partial charge is 0.484 e. The van der Waals surface area contributed by atoms with E-state index in [1.807, 2.05) is 151 Å². The minimum absolute atomic E-state index is 0.00868. The second kappa shape index (κ2) is 19.9. The molecule has 0 saturated carbocycles. The number of ether oxygens (including phenoxy) is 6. The number of fused-ring (bicyclic) bond motifs is 3. The van der Waals surface area contributed by atoms with Gasteiger partial charge < -0.3 is 28.4 Å². The summed E-state index contributed by atoms with van der Waals surface area (Å²) in [6, 6.07) is 44.1. The van der Waals surface area contributed by atoms with Gasteiger partial charge in [0.05, 0.1) is 16.4 Å². The Morgan fingerprint density at radius 1 is 0.449 bits per heavy atom. The van der Waals surface area contributed by atoms with Crippen LogP contribution in [0.15, 0.2) is 159 Å². The zero-order valence-electron chi connectivity index (χ0n) is 42.4. The second-order valence-electron chi connectivity index (χ2n) is 21.1. The summed E-state index contributed by atoms with van der Waals surface area (Å²) in [7, 11) is -7.98. The van der Waals surface area contributed by atoms with Crippen molar-refractivity contribution in [3.63, 3.8) is 0 Å². The zero-order valence-corrected chi connectivity index (χ0v) is 44.0. The van der Waals surface area contributed by atoms with Gasteiger partial charge in [-0.2, -0.15) is 8.42 Å². The number of hydrogen-bond donors (Lipinski definition) is 0. The molecule has 9 nitrogen and oxygen atoms in total. The Bertz CT molecular complexity index is 2950. The maximum atomic E-state index is 15.2.